The van der Waals surface area contributed by atoms with Crippen molar-refractivity contribution in [2.24, 2.45) is 5.73 Å². The van der Waals surface area contributed by atoms with E-state index in [1.165, 1.54) is 6.92 Å². The predicted molar refractivity (Wildman–Crippen MR) is 38.8 cm³/mol. The molecule has 0 aromatic carbocycles. The lowest BCUT2D eigenvalue weighted by atomic mass is 9.99. The van der Waals surface area contributed by atoms with Crippen molar-refractivity contribution in [1.82, 2.24) is 0 Å². The normalized spacial score (nSPS) is 16.6. The minimum absolute atomic E-state index is 0.00923. The molecule has 0 fully saturated rings. The minimum atomic E-state index is -6.30. The second kappa shape index (κ2) is 4.15. The van der Waals surface area contributed by atoms with Crippen LogP contribution in [0, 0.1) is 0 Å². The fourth-order valence-electron chi connectivity index (χ4n) is 0.914. The molecule has 0 unspecified atom stereocenters. The van der Waals surface area contributed by atoms with E-state index in [2.05, 4.69) is 5.73 Å². The molecule has 0 aliphatic carbocycles. The Morgan fingerprint density at radius 3 is 1.67 bits per heavy atom. The molecule has 15 heavy (non-hydrogen) atoms. The van der Waals surface area contributed by atoms with Gasteiger partial charge >= 0.3 is 18.0 Å². The Kier molecular flexibility index (Phi) is 4.00. The third-order valence-electron chi connectivity index (χ3n) is 1.84. The Hall–Kier alpha value is -0.530. The summed E-state index contributed by atoms with van der Waals surface area (Å²) >= 11 is 0. The van der Waals surface area contributed by atoms with Crippen LogP contribution in [-0.4, -0.2) is 24.1 Å². The molecule has 8 heteroatoms. The van der Waals surface area contributed by atoms with E-state index in [4.69, 9.17) is 0 Å². The number of hydrogen-bond donors (Lipinski definition) is 1. The Labute approximate surface area is 81.4 Å². The molecule has 0 aromatic heterocycles. The van der Waals surface area contributed by atoms with Gasteiger partial charge in [-0.2, -0.15) is 30.7 Å². The average Bonchev–Trinajstić information content (AvgIpc) is 2.02. The van der Waals surface area contributed by atoms with Gasteiger partial charge in [0.2, 0.25) is 0 Å². The smallest absolute Gasteiger partial charge is 0.322 e. The van der Waals surface area contributed by atoms with E-state index in [1.807, 2.05) is 0 Å². The van der Waals surface area contributed by atoms with E-state index < -0.39 is 30.5 Å². The summed E-state index contributed by atoms with van der Waals surface area (Å²) in [6.45, 7) is 1.35. The Morgan fingerprint density at radius 2 is 1.40 bits per heavy atom. The lowest BCUT2D eigenvalue weighted by Crippen LogP contribution is -2.60. The van der Waals surface area contributed by atoms with Gasteiger partial charge in [-0.1, -0.05) is 13.3 Å². The monoisotopic (exact) mass is 241 g/mol. The van der Waals surface area contributed by atoms with Crippen molar-refractivity contribution in [3.05, 3.63) is 0 Å². The van der Waals surface area contributed by atoms with E-state index in [0.717, 1.165) is 0 Å². The van der Waals surface area contributed by atoms with Crippen LogP contribution in [0.25, 0.3) is 0 Å². The van der Waals surface area contributed by atoms with Gasteiger partial charge in [-0.3, -0.25) is 0 Å². The van der Waals surface area contributed by atoms with Crippen LogP contribution in [0.1, 0.15) is 19.8 Å². The summed E-state index contributed by atoms with van der Waals surface area (Å²) in [4.78, 5) is 0. The van der Waals surface area contributed by atoms with Gasteiger partial charge in [-0.05, 0) is 6.42 Å². The van der Waals surface area contributed by atoms with Crippen LogP contribution in [-0.2, 0) is 0 Å². The highest BCUT2D eigenvalue weighted by molar-refractivity contribution is 4.97. The summed E-state index contributed by atoms with van der Waals surface area (Å²) in [5.74, 6) is -11.4. The number of halogens is 7. The first-order valence-electron chi connectivity index (χ1n) is 4.06. The highest BCUT2D eigenvalue weighted by Crippen LogP contribution is 2.48. The lowest BCUT2D eigenvalue weighted by Gasteiger charge is -2.32. The molecule has 0 amide bonds. The molecule has 2 N–H and O–H groups in total. The van der Waals surface area contributed by atoms with E-state index in [1.54, 1.807) is 0 Å². The van der Waals surface area contributed by atoms with Crippen molar-refractivity contribution in [2.75, 3.05) is 0 Å². The SMILES string of the molecule is CCC[C@@H](N)C(F)(F)C(F)(F)C(F)(F)F. The maximum absolute atomic E-state index is 12.7. The molecule has 0 rings (SSSR count). The van der Waals surface area contributed by atoms with Crippen LogP contribution < -0.4 is 5.73 Å². The zero-order valence-electron chi connectivity index (χ0n) is 7.71. The maximum Gasteiger partial charge on any atom is 0.459 e. The predicted octanol–water partition coefficient (Wildman–Crippen LogP) is 2.95. The average molecular weight is 241 g/mol. The second-order valence-corrected chi connectivity index (χ2v) is 3.09. The summed E-state index contributed by atoms with van der Waals surface area (Å²) in [6, 6.07) is -2.51. The van der Waals surface area contributed by atoms with E-state index in [-0.39, 0.29) is 6.42 Å². The molecule has 0 aliphatic rings. The molecular formula is C7H10F7N. The van der Waals surface area contributed by atoms with Gasteiger partial charge in [0.1, 0.15) is 0 Å². The largest absolute Gasteiger partial charge is 0.459 e. The van der Waals surface area contributed by atoms with Crippen molar-refractivity contribution in [2.45, 2.75) is 43.8 Å². The van der Waals surface area contributed by atoms with Crippen molar-refractivity contribution < 1.29 is 30.7 Å². The molecular weight excluding hydrogens is 231 g/mol. The standard InChI is InChI=1S/C7H10F7N/c1-2-3-4(15)5(8,9)6(10,11)7(12,13)14/h4H,2-3,15H2,1H3/t4-/m1/s1. The summed E-state index contributed by atoms with van der Waals surface area (Å²) < 4.78 is 85.0. The van der Waals surface area contributed by atoms with Gasteiger partial charge < -0.3 is 5.73 Å². The van der Waals surface area contributed by atoms with Crippen LogP contribution in [0.2, 0.25) is 0 Å². The van der Waals surface area contributed by atoms with Crippen LogP contribution >= 0.6 is 0 Å². The molecule has 0 spiro atoms. The Bertz CT molecular complexity index is 210. The number of hydrogen-bond acceptors (Lipinski definition) is 1. The minimum Gasteiger partial charge on any atom is -0.322 e. The molecule has 0 aliphatic heterocycles. The second-order valence-electron chi connectivity index (χ2n) is 3.09. The quantitative estimate of drug-likeness (QED) is 0.752. The molecule has 1 nitrogen and oxygen atoms in total. The van der Waals surface area contributed by atoms with Crippen LogP contribution in [0.4, 0.5) is 30.7 Å². The fraction of sp³-hybridized carbons (Fsp3) is 1.00. The summed E-state index contributed by atoms with van der Waals surface area (Å²) in [5, 5.41) is 0. The molecule has 92 valence electrons. The molecule has 0 saturated heterocycles. The Balaban J connectivity index is 5.00. The lowest BCUT2D eigenvalue weighted by molar-refractivity contribution is -0.358. The molecule has 1 atom stereocenters. The molecule has 0 radical (unpaired) electrons. The van der Waals surface area contributed by atoms with Gasteiger partial charge in [0, 0.05) is 0 Å². The van der Waals surface area contributed by atoms with Gasteiger partial charge in [0.25, 0.3) is 0 Å². The topological polar surface area (TPSA) is 26.0 Å². The van der Waals surface area contributed by atoms with Crippen LogP contribution in [0.3, 0.4) is 0 Å². The maximum atomic E-state index is 12.7. The molecule has 0 saturated carbocycles. The third-order valence-corrected chi connectivity index (χ3v) is 1.84. The first-order valence-corrected chi connectivity index (χ1v) is 4.06. The van der Waals surface area contributed by atoms with Crippen molar-refractivity contribution in [3.8, 4) is 0 Å². The number of rotatable bonds is 4. The first-order chi connectivity index (χ1) is 6.48. The molecule has 0 bridgehead atoms. The van der Waals surface area contributed by atoms with Gasteiger partial charge in [0.15, 0.2) is 0 Å². The van der Waals surface area contributed by atoms with Crippen LogP contribution in [0.5, 0.6) is 0 Å². The highest BCUT2D eigenvalue weighted by atomic mass is 19.4. The zero-order valence-corrected chi connectivity index (χ0v) is 7.71. The van der Waals surface area contributed by atoms with Gasteiger partial charge in [0.05, 0.1) is 6.04 Å². The molecule has 0 aromatic rings. The highest BCUT2D eigenvalue weighted by Gasteiger charge is 2.74. The Morgan fingerprint density at radius 1 is 1.00 bits per heavy atom. The number of alkyl halides is 7. The van der Waals surface area contributed by atoms with Crippen LogP contribution in [0.15, 0.2) is 0 Å². The van der Waals surface area contributed by atoms with E-state index >= 15 is 0 Å². The van der Waals surface area contributed by atoms with Crippen molar-refractivity contribution in [3.63, 3.8) is 0 Å². The van der Waals surface area contributed by atoms with Gasteiger partial charge in [-0.15, -0.1) is 0 Å². The summed E-state index contributed by atoms with van der Waals surface area (Å²) in [7, 11) is 0. The zero-order chi connectivity index (χ0) is 12.5. The summed E-state index contributed by atoms with van der Waals surface area (Å²) in [5.41, 5.74) is 4.61. The fourth-order valence-corrected chi connectivity index (χ4v) is 0.914. The van der Waals surface area contributed by atoms with Gasteiger partial charge in [-0.25, -0.2) is 0 Å². The van der Waals surface area contributed by atoms with Crippen molar-refractivity contribution in [1.29, 1.82) is 0 Å². The third kappa shape index (κ3) is 2.53. The van der Waals surface area contributed by atoms with E-state index in [9.17, 15) is 30.7 Å². The van der Waals surface area contributed by atoms with Crippen molar-refractivity contribution >= 4 is 0 Å². The molecule has 0 heterocycles. The first kappa shape index (κ1) is 14.5. The summed E-state index contributed by atoms with van der Waals surface area (Å²) in [6.07, 6.45) is -6.93. The number of nitrogens with two attached hydrogens (primary N) is 1. The van der Waals surface area contributed by atoms with E-state index in [0.29, 0.717) is 0 Å².